The van der Waals surface area contributed by atoms with Crippen molar-refractivity contribution < 1.29 is 9.63 Å². The maximum absolute atomic E-state index is 14.0. The van der Waals surface area contributed by atoms with Crippen LogP contribution in [0, 0.1) is 6.92 Å². The number of Topliss-reactive ketones (excluding diaryl/α,β-unsaturated/α-hetero) is 1. The van der Waals surface area contributed by atoms with Crippen LogP contribution >= 0.6 is 11.6 Å². The molecule has 7 heteroatoms. The Morgan fingerprint density at radius 3 is 2.38 bits per heavy atom. The van der Waals surface area contributed by atoms with Gasteiger partial charge >= 0.3 is 5.72 Å². The van der Waals surface area contributed by atoms with Gasteiger partial charge in [-0.1, -0.05) is 89.1 Å². The fourth-order valence-corrected chi connectivity index (χ4v) is 4.14. The number of benzene rings is 3. The van der Waals surface area contributed by atoms with Crippen molar-refractivity contribution in [3.63, 3.8) is 0 Å². The normalized spacial score (nSPS) is 19.9. The highest BCUT2D eigenvalue weighted by atomic mass is 35.5. The van der Waals surface area contributed by atoms with Crippen LogP contribution in [0.5, 0.6) is 0 Å². The summed E-state index contributed by atoms with van der Waals surface area (Å²) in [6.45, 7) is 2.02. The quantitative estimate of drug-likeness (QED) is 0.408. The highest BCUT2D eigenvalue weighted by Gasteiger charge is 2.58. The van der Waals surface area contributed by atoms with Crippen LogP contribution in [0.25, 0.3) is 0 Å². The summed E-state index contributed by atoms with van der Waals surface area (Å²) in [6, 6.07) is 24.3. The highest BCUT2D eigenvalue weighted by molar-refractivity contribution is 6.30. The molecule has 0 amide bonds. The zero-order valence-corrected chi connectivity index (χ0v) is 18.0. The minimum atomic E-state index is -1.57. The first-order valence-corrected chi connectivity index (χ1v) is 10.5. The number of oxime groups is 1. The van der Waals surface area contributed by atoms with Gasteiger partial charge in [0, 0.05) is 16.1 Å². The van der Waals surface area contributed by atoms with Crippen LogP contribution in [0.3, 0.4) is 0 Å². The number of nitrogens with zero attached hydrogens (tertiary/aromatic N) is 4. The molecule has 32 heavy (non-hydrogen) atoms. The van der Waals surface area contributed by atoms with Gasteiger partial charge < -0.3 is 4.84 Å². The van der Waals surface area contributed by atoms with Crippen molar-refractivity contribution in [2.45, 2.75) is 18.6 Å². The van der Waals surface area contributed by atoms with Crippen LogP contribution in [0.2, 0.25) is 5.02 Å². The van der Waals surface area contributed by atoms with E-state index in [0.29, 0.717) is 16.3 Å². The Labute approximate surface area is 190 Å². The van der Waals surface area contributed by atoms with E-state index in [1.807, 2.05) is 61.5 Å². The molecule has 3 aromatic carbocycles. The molecule has 0 saturated heterocycles. The van der Waals surface area contributed by atoms with Crippen LogP contribution in [0.4, 0.5) is 0 Å². The Kier molecular flexibility index (Phi) is 5.07. The van der Waals surface area contributed by atoms with Crippen molar-refractivity contribution in [2.24, 2.45) is 5.16 Å². The summed E-state index contributed by atoms with van der Waals surface area (Å²) in [5.74, 6) is -0.833. The summed E-state index contributed by atoms with van der Waals surface area (Å²) in [4.78, 5) is 24.2. The van der Waals surface area contributed by atoms with Crippen LogP contribution in [0.15, 0.2) is 96.7 Å². The molecule has 5 rings (SSSR count). The van der Waals surface area contributed by atoms with Gasteiger partial charge in [0.25, 0.3) is 0 Å². The molecule has 1 aliphatic heterocycles. The molecular weight excluding hydrogens is 424 g/mol. The number of aromatic nitrogens is 3. The van der Waals surface area contributed by atoms with Crippen molar-refractivity contribution >= 4 is 23.1 Å². The fraction of sp³-hybridized carbons (Fsp3) is 0.120. The number of hydrogen-bond donors (Lipinski definition) is 0. The molecule has 6 nitrogen and oxygen atoms in total. The lowest BCUT2D eigenvalue weighted by Crippen LogP contribution is -2.48. The first-order valence-electron chi connectivity index (χ1n) is 10.1. The standard InChI is InChI=1S/C25H19ClN4O2/c1-17-7-9-18(10-8-17)22-23(19-11-13-21(26)14-12-19)29-32-25(22,30-16-27-15-28-30)24(31)20-5-3-2-4-6-20/h2-16,22H,1H3. The second-order valence-corrected chi connectivity index (χ2v) is 8.09. The van der Waals surface area contributed by atoms with E-state index in [1.165, 1.54) is 17.3 Å². The van der Waals surface area contributed by atoms with Gasteiger partial charge in [0.15, 0.2) is 0 Å². The van der Waals surface area contributed by atoms with E-state index in [2.05, 4.69) is 15.2 Å². The van der Waals surface area contributed by atoms with Crippen LogP contribution in [-0.2, 0) is 10.6 Å². The highest BCUT2D eigenvalue weighted by Crippen LogP contribution is 2.45. The zero-order valence-electron chi connectivity index (χ0n) is 17.2. The van der Waals surface area contributed by atoms with E-state index < -0.39 is 11.6 Å². The smallest absolute Gasteiger partial charge is 0.305 e. The SMILES string of the molecule is Cc1ccc(C2C(c3ccc(Cl)cc3)=NOC2(C(=O)c2ccccc2)n2cncn2)cc1. The number of aryl methyl sites for hydroxylation is 1. The predicted octanol–water partition coefficient (Wildman–Crippen LogP) is 4.99. The Hall–Kier alpha value is -3.77. The Morgan fingerprint density at radius 1 is 1.00 bits per heavy atom. The summed E-state index contributed by atoms with van der Waals surface area (Å²) in [5, 5.41) is 9.37. The number of halogens is 1. The first-order chi connectivity index (χ1) is 15.6. The Morgan fingerprint density at radius 2 is 1.72 bits per heavy atom. The second kappa shape index (κ2) is 8.05. The molecule has 0 N–H and O–H groups in total. The van der Waals surface area contributed by atoms with Gasteiger partial charge in [-0.3, -0.25) is 4.79 Å². The van der Waals surface area contributed by atoms with Crippen LogP contribution in [0.1, 0.15) is 33.0 Å². The van der Waals surface area contributed by atoms with E-state index in [4.69, 9.17) is 16.4 Å². The molecule has 2 unspecified atom stereocenters. The fourth-order valence-electron chi connectivity index (χ4n) is 4.02. The number of carbonyl (C=O) groups is 1. The lowest BCUT2D eigenvalue weighted by atomic mass is 9.78. The summed E-state index contributed by atoms with van der Waals surface area (Å²) >= 11 is 6.11. The molecule has 0 aliphatic carbocycles. The van der Waals surface area contributed by atoms with Crippen molar-refractivity contribution in [1.82, 2.24) is 14.8 Å². The monoisotopic (exact) mass is 442 g/mol. The van der Waals surface area contributed by atoms with Gasteiger partial charge in [-0.05, 0) is 24.6 Å². The third-order valence-electron chi connectivity index (χ3n) is 5.62. The van der Waals surface area contributed by atoms with Crippen molar-refractivity contribution in [3.8, 4) is 0 Å². The molecule has 158 valence electrons. The minimum Gasteiger partial charge on any atom is -0.355 e. The second-order valence-electron chi connectivity index (χ2n) is 7.65. The van der Waals surface area contributed by atoms with Crippen LogP contribution < -0.4 is 0 Å². The zero-order chi connectivity index (χ0) is 22.1. The van der Waals surface area contributed by atoms with E-state index in [0.717, 1.165) is 16.7 Å². The summed E-state index contributed by atoms with van der Waals surface area (Å²) in [5.41, 5.74) is 2.34. The van der Waals surface area contributed by atoms with Gasteiger partial charge in [-0.15, -0.1) is 0 Å². The molecule has 2 atom stereocenters. The van der Waals surface area contributed by atoms with Crippen molar-refractivity contribution in [1.29, 1.82) is 0 Å². The van der Waals surface area contributed by atoms with E-state index in [1.54, 1.807) is 24.3 Å². The molecule has 4 aromatic rings. The molecule has 1 aromatic heterocycles. The largest absolute Gasteiger partial charge is 0.355 e. The van der Waals surface area contributed by atoms with Gasteiger partial charge in [-0.2, -0.15) is 5.10 Å². The third kappa shape index (κ3) is 3.29. The number of carbonyl (C=O) groups excluding carboxylic acids is 1. The number of rotatable bonds is 5. The summed E-state index contributed by atoms with van der Waals surface area (Å²) in [6.07, 6.45) is 2.87. The molecule has 2 heterocycles. The molecule has 0 radical (unpaired) electrons. The van der Waals surface area contributed by atoms with E-state index >= 15 is 0 Å². The maximum Gasteiger partial charge on any atom is 0.305 e. The average Bonchev–Trinajstić information content (AvgIpc) is 3.49. The summed E-state index contributed by atoms with van der Waals surface area (Å²) in [7, 11) is 0. The lowest BCUT2D eigenvalue weighted by molar-refractivity contribution is -0.0711. The van der Waals surface area contributed by atoms with E-state index in [-0.39, 0.29) is 5.78 Å². The van der Waals surface area contributed by atoms with Crippen molar-refractivity contribution in [2.75, 3.05) is 0 Å². The van der Waals surface area contributed by atoms with Crippen molar-refractivity contribution in [3.05, 3.63) is 119 Å². The van der Waals surface area contributed by atoms with Gasteiger partial charge in [-0.25, -0.2) is 9.67 Å². The average molecular weight is 443 g/mol. The molecule has 1 aliphatic rings. The number of ketones is 1. The van der Waals surface area contributed by atoms with Gasteiger partial charge in [0.1, 0.15) is 24.3 Å². The molecule has 0 bridgehead atoms. The molecule has 0 saturated carbocycles. The lowest BCUT2D eigenvalue weighted by Gasteiger charge is -2.32. The van der Waals surface area contributed by atoms with Crippen LogP contribution in [-0.4, -0.2) is 26.3 Å². The van der Waals surface area contributed by atoms with Gasteiger partial charge in [0.2, 0.25) is 5.78 Å². The summed E-state index contributed by atoms with van der Waals surface area (Å²) < 4.78 is 1.46. The molecule has 0 spiro atoms. The van der Waals surface area contributed by atoms with E-state index in [9.17, 15) is 4.79 Å². The Balaban J connectivity index is 1.74. The Bertz CT molecular complexity index is 1270. The molecule has 0 fully saturated rings. The maximum atomic E-state index is 14.0. The molecular formula is C25H19ClN4O2. The number of hydrogen-bond acceptors (Lipinski definition) is 5. The predicted molar refractivity (Wildman–Crippen MR) is 122 cm³/mol. The first kappa shape index (κ1) is 20.2. The van der Waals surface area contributed by atoms with Gasteiger partial charge in [0.05, 0.1) is 0 Å². The topological polar surface area (TPSA) is 69.4 Å². The third-order valence-corrected chi connectivity index (χ3v) is 5.87. The minimum absolute atomic E-state index is 0.262.